The van der Waals surface area contributed by atoms with Gasteiger partial charge in [0.05, 0.1) is 18.3 Å². The topological polar surface area (TPSA) is 61.8 Å². The standard InChI is InChI=1S/C28H33BrO5S/c1-17-14-20-23(21(15-17)34-35(30,31)19-8-6-18(29)7-9-19)24-25-27(4,33-20)13-10-22-26(2,3)11-5-12-28(22,25)16-32-24/h6-9,14-15,22,24-25H,5,10-13,16H2,1-4H3/t22-,24-,25-,27-,28?/m0/s1. The molecule has 3 fully saturated rings. The van der Waals surface area contributed by atoms with E-state index >= 15 is 0 Å². The Kier molecular flexibility index (Phi) is 5.25. The summed E-state index contributed by atoms with van der Waals surface area (Å²) in [6.45, 7) is 9.70. The first kappa shape index (κ1) is 23.8. The molecule has 6 rings (SSSR count). The first-order valence-electron chi connectivity index (χ1n) is 12.6. The molecule has 1 spiro atoms. The predicted octanol–water partition coefficient (Wildman–Crippen LogP) is 6.97. The zero-order valence-electron chi connectivity index (χ0n) is 20.8. The quantitative estimate of drug-likeness (QED) is 0.379. The average molecular weight is 562 g/mol. The molecule has 5 nitrogen and oxygen atoms in total. The number of aryl methyl sites for hydroxylation is 1. The summed E-state index contributed by atoms with van der Waals surface area (Å²) in [6, 6.07) is 10.3. The SMILES string of the molecule is Cc1cc2c(c(OS(=O)(=O)c3ccc(Br)cc3)c1)[C@@H]1OCC34CCCC(C)(C)[C@@H]3CC[C@](C)(O2)[C@H]14. The van der Waals surface area contributed by atoms with Crippen molar-refractivity contribution in [3.8, 4) is 11.5 Å². The Labute approximate surface area is 216 Å². The van der Waals surface area contributed by atoms with E-state index in [9.17, 15) is 8.42 Å². The molecule has 0 N–H and O–H groups in total. The summed E-state index contributed by atoms with van der Waals surface area (Å²) in [7, 11) is -4.02. The van der Waals surface area contributed by atoms with Gasteiger partial charge in [-0.15, -0.1) is 0 Å². The Bertz CT molecular complexity index is 1290. The molecule has 188 valence electrons. The maximum atomic E-state index is 13.3. The van der Waals surface area contributed by atoms with Crippen molar-refractivity contribution in [3.63, 3.8) is 0 Å². The Morgan fingerprint density at radius 1 is 1.06 bits per heavy atom. The molecule has 2 saturated carbocycles. The fraction of sp³-hybridized carbons (Fsp3) is 0.571. The summed E-state index contributed by atoms with van der Waals surface area (Å²) >= 11 is 3.36. The second-order valence-corrected chi connectivity index (χ2v) is 14.4. The molecule has 4 aliphatic rings. The van der Waals surface area contributed by atoms with Gasteiger partial charge in [0.1, 0.15) is 16.2 Å². The van der Waals surface area contributed by atoms with E-state index < -0.39 is 10.1 Å². The highest BCUT2D eigenvalue weighted by molar-refractivity contribution is 9.10. The van der Waals surface area contributed by atoms with E-state index in [-0.39, 0.29) is 33.3 Å². The minimum absolute atomic E-state index is 0.0455. The number of ether oxygens (including phenoxy) is 2. The molecule has 1 unspecified atom stereocenters. The third-order valence-electron chi connectivity index (χ3n) is 9.32. The van der Waals surface area contributed by atoms with Gasteiger partial charge in [-0.05, 0) is 92.8 Å². The van der Waals surface area contributed by atoms with Crippen LogP contribution in [0.2, 0.25) is 0 Å². The molecule has 7 heteroatoms. The molecule has 1 saturated heterocycles. The van der Waals surface area contributed by atoms with Gasteiger partial charge in [0, 0.05) is 15.8 Å². The Morgan fingerprint density at radius 3 is 2.54 bits per heavy atom. The Morgan fingerprint density at radius 2 is 1.80 bits per heavy atom. The van der Waals surface area contributed by atoms with Crippen LogP contribution < -0.4 is 8.92 Å². The number of fused-ring (bicyclic) bond motifs is 2. The monoisotopic (exact) mass is 560 g/mol. The third kappa shape index (κ3) is 3.51. The second-order valence-electron chi connectivity index (χ2n) is 12.0. The van der Waals surface area contributed by atoms with Crippen molar-refractivity contribution in [3.05, 3.63) is 52.0 Å². The lowest BCUT2D eigenvalue weighted by atomic mass is 9.44. The minimum atomic E-state index is -4.02. The summed E-state index contributed by atoms with van der Waals surface area (Å²) in [5, 5.41) is 0. The normalized spacial score (nSPS) is 34.8. The first-order chi connectivity index (χ1) is 16.5. The van der Waals surface area contributed by atoms with Gasteiger partial charge in [0.15, 0.2) is 5.75 Å². The van der Waals surface area contributed by atoms with Gasteiger partial charge in [0.2, 0.25) is 0 Å². The van der Waals surface area contributed by atoms with Gasteiger partial charge in [-0.2, -0.15) is 8.42 Å². The minimum Gasteiger partial charge on any atom is -0.487 e. The summed E-state index contributed by atoms with van der Waals surface area (Å²) < 4.78 is 46.6. The zero-order valence-corrected chi connectivity index (χ0v) is 23.2. The number of rotatable bonds is 3. The fourth-order valence-electron chi connectivity index (χ4n) is 8.02. The molecule has 35 heavy (non-hydrogen) atoms. The van der Waals surface area contributed by atoms with Gasteiger partial charge >= 0.3 is 10.1 Å². The molecule has 2 heterocycles. The summed E-state index contributed by atoms with van der Waals surface area (Å²) in [6.07, 6.45) is 5.44. The van der Waals surface area contributed by atoms with Crippen LogP contribution in [0.25, 0.3) is 0 Å². The summed E-state index contributed by atoms with van der Waals surface area (Å²) in [5.74, 6) is 1.75. The van der Waals surface area contributed by atoms with E-state index in [0.717, 1.165) is 34.9 Å². The number of benzene rings is 2. The van der Waals surface area contributed by atoms with E-state index in [0.29, 0.717) is 24.0 Å². The molecule has 2 aromatic rings. The highest BCUT2D eigenvalue weighted by Crippen LogP contribution is 2.71. The van der Waals surface area contributed by atoms with Crippen LogP contribution in [-0.2, 0) is 14.9 Å². The van der Waals surface area contributed by atoms with Crippen molar-refractivity contribution in [2.75, 3.05) is 6.61 Å². The number of hydrogen-bond donors (Lipinski definition) is 0. The molecule has 0 radical (unpaired) electrons. The van der Waals surface area contributed by atoms with Crippen LogP contribution >= 0.6 is 15.9 Å². The maximum Gasteiger partial charge on any atom is 0.339 e. The van der Waals surface area contributed by atoms with Crippen LogP contribution in [0.1, 0.15) is 70.1 Å². The van der Waals surface area contributed by atoms with E-state index in [1.807, 2.05) is 13.0 Å². The molecule has 2 aromatic carbocycles. The molecule has 0 amide bonds. The molecule has 0 bridgehead atoms. The first-order valence-corrected chi connectivity index (χ1v) is 14.8. The van der Waals surface area contributed by atoms with Crippen molar-refractivity contribution in [2.45, 2.75) is 76.4 Å². The van der Waals surface area contributed by atoms with Crippen LogP contribution in [0.5, 0.6) is 11.5 Å². The lowest BCUT2D eigenvalue weighted by Gasteiger charge is -2.61. The average Bonchev–Trinajstić information content (AvgIpc) is 3.13. The number of hydrogen-bond acceptors (Lipinski definition) is 5. The van der Waals surface area contributed by atoms with Crippen LogP contribution in [0, 0.1) is 29.6 Å². The van der Waals surface area contributed by atoms with Crippen molar-refractivity contribution in [2.24, 2.45) is 22.7 Å². The maximum absolute atomic E-state index is 13.3. The van der Waals surface area contributed by atoms with Crippen LogP contribution in [0.15, 0.2) is 45.8 Å². The fourth-order valence-corrected chi connectivity index (χ4v) is 9.22. The van der Waals surface area contributed by atoms with Gasteiger partial charge in [-0.3, -0.25) is 0 Å². The lowest BCUT2D eigenvalue weighted by molar-refractivity contribution is -0.156. The van der Waals surface area contributed by atoms with Gasteiger partial charge < -0.3 is 13.7 Å². The largest absolute Gasteiger partial charge is 0.487 e. The van der Waals surface area contributed by atoms with Crippen LogP contribution in [0.3, 0.4) is 0 Å². The predicted molar refractivity (Wildman–Crippen MR) is 137 cm³/mol. The van der Waals surface area contributed by atoms with E-state index in [1.165, 1.54) is 12.8 Å². The highest BCUT2D eigenvalue weighted by atomic mass is 79.9. The second kappa shape index (κ2) is 7.72. The number of halogens is 1. The van der Waals surface area contributed by atoms with Crippen molar-refractivity contribution in [1.29, 1.82) is 0 Å². The summed E-state index contributed by atoms with van der Waals surface area (Å²) in [4.78, 5) is 0.119. The zero-order chi connectivity index (χ0) is 24.8. The van der Waals surface area contributed by atoms with Crippen molar-refractivity contribution in [1.82, 2.24) is 0 Å². The van der Waals surface area contributed by atoms with E-state index in [2.05, 4.69) is 36.7 Å². The van der Waals surface area contributed by atoms with Crippen molar-refractivity contribution >= 4 is 26.0 Å². The van der Waals surface area contributed by atoms with Crippen LogP contribution in [0.4, 0.5) is 0 Å². The third-order valence-corrected chi connectivity index (χ3v) is 11.1. The highest BCUT2D eigenvalue weighted by Gasteiger charge is 2.69. The molecule has 2 aliphatic heterocycles. The molecular weight excluding hydrogens is 528 g/mol. The summed E-state index contributed by atoms with van der Waals surface area (Å²) in [5.41, 5.74) is 1.61. The molecular formula is C28H33BrO5S. The molecule has 2 aliphatic carbocycles. The smallest absolute Gasteiger partial charge is 0.339 e. The molecule has 5 atom stereocenters. The Hall–Kier alpha value is -1.57. The van der Waals surface area contributed by atoms with Gasteiger partial charge in [-0.25, -0.2) is 0 Å². The Balaban J connectivity index is 1.46. The van der Waals surface area contributed by atoms with Gasteiger partial charge in [-0.1, -0.05) is 36.2 Å². The van der Waals surface area contributed by atoms with Gasteiger partial charge in [0.25, 0.3) is 0 Å². The molecule has 0 aromatic heterocycles. The van der Waals surface area contributed by atoms with Crippen molar-refractivity contribution < 1.29 is 22.1 Å². The van der Waals surface area contributed by atoms with E-state index in [4.69, 9.17) is 13.7 Å². The van der Waals surface area contributed by atoms with Crippen LogP contribution in [-0.4, -0.2) is 20.6 Å². The lowest BCUT2D eigenvalue weighted by Crippen LogP contribution is -2.61. The van der Waals surface area contributed by atoms with E-state index in [1.54, 1.807) is 30.3 Å².